The molecule has 0 radical (unpaired) electrons. The van der Waals surface area contributed by atoms with Crippen molar-refractivity contribution in [3.63, 3.8) is 0 Å². The molecule has 2 aliphatic heterocycles. The van der Waals surface area contributed by atoms with E-state index in [1.165, 1.54) is 55.6 Å². The fourth-order valence-electron chi connectivity index (χ4n) is 4.67. The highest BCUT2D eigenvalue weighted by atomic mass is 16.7. The van der Waals surface area contributed by atoms with Crippen LogP contribution in [0.15, 0.2) is 60.7 Å². The summed E-state index contributed by atoms with van der Waals surface area (Å²) in [6, 6.07) is 14.5. The number of rotatable bonds is 8. The lowest BCUT2D eigenvalue weighted by Gasteiger charge is -2.39. The summed E-state index contributed by atoms with van der Waals surface area (Å²) in [6.07, 6.45) is -9.40. The van der Waals surface area contributed by atoms with Crippen molar-refractivity contribution in [2.45, 2.75) is 49.5 Å². The first-order valence-corrected chi connectivity index (χ1v) is 13.4. The number of hydrogen-bond acceptors (Lipinski definition) is 14. The van der Waals surface area contributed by atoms with E-state index in [-0.39, 0.29) is 35.2 Å². The van der Waals surface area contributed by atoms with Gasteiger partial charge in [0.2, 0.25) is 12.4 Å². The predicted molar refractivity (Wildman–Crippen MR) is 146 cm³/mol. The average Bonchev–Trinajstić information content (AvgIpc) is 3.04. The van der Waals surface area contributed by atoms with Gasteiger partial charge >= 0.3 is 11.9 Å². The molecule has 0 amide bonds. The minimum absolute atomic E-state index is 0.0868. The standard InChI is InChI=1S/C30H30O14/c1-39-29(38)27-26(15-4-8-18(32)19(33)10-15)42-20-9-5-16(11-21(20)43-27)28(37)40-13-14-2-6-17(7-3-14)41-30-25(36)24(35)23(34)22(12-31)44-30/h2-11,22-27,30-36H,12-13H2,1H3/t22-,23-,24+,25-,26+,27-,30-/m1/s1. The van der Waals surface area contributed by atoms with Crippen LogP contribution in [-0.4, -0.2) is 93.1 Å². The van der Waals surface area contributed by atoms with Crippen LogP contribution in [0.2, 0.25) is 0 Å². The Morgan fingerprint density at radius 3 is 2.27 bits per heavy atom. The third kappa shape index (κ3) is 6.34. The molecular formula is C30H30O14. The Bertz CT molecular complexity index is 1490. The van der Waals surface area contributed by atoms with Gasteiger partial charge < -0.3 is 59.1 Å². The number of esters is 2. The van der Waals surface area contributed by atoms with Gasteiger partial charge in [-0.2, -0.15) is 0 Å². The summed E-state index contributed by atoms with van der Waals surface area (Å²) in [5, 5.41) is 58.8. The fourth-order valence-corrected chi connectivity index (χ4v) is 4.67. The lowest BCUT2D eigenvalue weighted by molar-refractivity contribution is -0.277. The molecule has 3 aromatic rings. The van der Waals surface area contributed by atoms with Crippen molar-refractivity contribution in [1.29, 1.82) is 0 Å². The van der Waals surface area contributed by atoms with Gasteiger partial charge in [-0.25, -0.2) is 9.59 Å². The Balaban J connectivity index is 1.22. The van der Waals surface area contributed by atoms with Crippen molar-refractivity contribution in [1.82, 2.24) is 0 Å². The molecule has 5 rings (SSSR count). The second-order valence-electron chi connectivity index (χ2n) is 10.0. The van der Waals surface area contributed by atoms with Gasteiger partial charge in [-0.05, 0) is 48.0 Å². The number of aliphatic hydroxyl groups excluding tert-OH is 4. The Hall–Kier alpha value is -4.60. The summed E-state index contributed by atoms with van der Waals surface area (Å²) in [5.41, 5.74) is 1.04. The molecule has 2 heterocycles. The maximum absolute atomic E-state index is 12.8. The quantitative estimate of drug-likeness (QED) is 0.152. The molecule has 6 N–H and O–H groups in total. The number of phenols is 2. The maximum atomic E-state index is 12.8. The van der Waals surface area contributed by atoms with Crippen LogP contribution in [0.3, 0.4) is 0 Å². The SMILES string of the molecule is COC(=O)[C@@H]1Oc2cc(C(=O)OCc3ccc(O[C@@H]4O[C@H](CO)[C@@H](O)[C@H](O)[C@H]4O)cc3)ccc2O[C@H]1c1ccc(O)c(O)c1. The summed E-state index contributed by atoms with van der Waals surface area (Å²) >= 11 is 0. The van der Waals surface area contributed by atoms with Gasteiger partial charge in [0.15, 0.2) is 29.1 Å². The van der Waals surface area contributed by atoms with Crippen LogP contribution < -0.4 is 14.2 Å². The highest BCUT2D eigenvalue weighted by molar-refractivity contribution is 5.90. The third-order valence-corrected chi connectivity index (χ3v) is 7.12. The molecule has 1 saturated heterocycles. The van der Waals surface area contributed by atoms with Crippen LogP contribution in [0.25, 0.3) is 0 Å². The van der Waals surface area contributed by atoms with E-state index < -0.39 is 67.2 Å². The van der Waals surface area contributed by atoms with Gasteiger partial charge in [0.1, 0.15) is 36.8 Å². The van der Waals surface area contributed by atoms with Gasteiger partial charge in [0.25, 0.3) is 0 Å². The normalized spacial score (nSPS) is 26.0. The van der Waals surface area contributed by atoms with Crippen LogP contribution >= 0.6 is 0 Å². The maximum Gasteiger partial charge on any atom is 0.351 e. The first-order chi connectivity index (χ1) is 21.1. The third-order valence-electron chi connectivity index (χ3n) is 7.12. The van der Waals surface area contributed by atoms with Gasteiger partial charge in [-0.1, -0.05) is 18.2 Å². The summed E-state index contributed by atoms with van der Waals surface area (Å²) in [4.78, 5) is 25.3. The molecule has 0 bridgehead atoms. The highest BCUT2D eigenvalue weighted by Crippen LogP contribution is 2.42. The average molecular weight is 615 g/mol. The second-order valence-corrected chi connectivity index (χ2v) is 10.0. The molecule has 14 heteroatoms. The van der Waals surface area contributed by atoms with Crippen LogP contribution in [-0.2, 0) is 25.6 Å². The van der Waals surface area contributed by atoms with Crippen LogP contribution in [0.5, 0.6) is 28.7 Å². The van der Waals surface area contributed by atoms with Crippen molar-refractivity contribution in [3.05, 3.63) is 77.4 Å². The van der Waals surface area contributed by atoms with Crippen LogP contribution in [0.4, 0.5) is 0 Å². The zero-order valence-electron chi connectivity index (χ0n) is 23.2. The zero-order valence-corrected chi connectivity index (χ0v) is 23.2. The van der Waals surface area contributed by atoms with Crippen molar-refractivity contribution >= 4 is 11.9 Å². The minimum Gasteiger partial charge on any atom is -0.504 e. The van der Waals surface area contributed by atoms with Crippen molar-refractivity contribution < 1.29 is 68.6 Å². The molecule has 3 aromatic carbocycles. The summed E-state index contributed by atoms with van der Waals surface area (Å²) in [7, 11) is 1.17. The largest absolute Gasteiger partial charge is 0.504 e. The lowest BCUT2D eigenvalue weighted by Crippen LogP contribution is -2.60. The first kappa shape index (κ1) is 30.8. The minimum atomic E-state index is -1.58. The fraction of sp³-hybridized carbons (Fsp3) is 0.333. The molecule has 1 fully saturated rings. The Labute approximate surface area is 250 Å². The van der Waals surface area contributed by atoms with Gasteiger partial charge in [0.05, 0.1) is 19.3 Å². The molecule has 0 aromatic heterocycles. The molecule has 234 valence electrons. The van der Waals surface area contributed by atoms with Crippen molar-refractivity contribution in [3.8, 4) is 28.7 Å². The molecule has 0 unspecified atom stereocenters. The number of phenolic OH excluding ortho intramolecular Hbond substituents is 2. The Morgan fingerprint density at radius 1 is 0.841 bits per heavy atom. The number of hydrogen-bond donors (Lipinski definition) is 6. The molecule has 0 saturated carbocycles. The Kier molecular flexibility index (Phi) is 9.08. The number of benzene rings is 3. The van der Waals surface area contributed by atoms with Crippen molar-refractivity contribution in [2.75, 3.05) is 13.7 Å². The molecule has 0 aliphatic carbocycles. The van der Waals surface area contributed by atoms with E-state index in [0.29, 0.717) is 11.1 Å². The second kappa shape index (κ2) is 13.0. The van der Waals surface area contributed by atoms with Crippen LogP contribution in [0.1, 0.15) is 27.6 Å². The molecule has 14 nitrogen and oxygen atoms in total. The van der Waals surface area contributed by atoms with E-state index in [1.807, 2.05) is 0 Å². The number of carbonyl (C=O) groups is 2. The van der Waals surface area contributed by atoms with Gasteiger partial charge in [0, 0.05) is 5.56 Å². The number of carbonyl (C=O) groups excluding carboxylic acids is 2. The van der Waals surface area contributed by atoms with E-state index in [9.17, 15) is 40.2 Å². The molecule has 2 aliphatic rings. The van der Waals surface area contributed by atoms with E-state index in [1.54, 1.807) is 12.1 Å². The number of fused-ring (bicyclic) bond motifs is 1. The van der Waals surface area contributed by atoms with E-state index in [2.05, 4.69) is 0 Å². The highest BCUT2D eigenvalue weighted by Gasteiger charge is 2.45. The zero-order chi connectivity index (χ0) is 31.5. The van der Waals surface area contributed by atoms with Crippen LogP contribution in [0, 0.1) is 0 Å². The Morgan fingerprint density at radius 2 is 1.59 bits per heavy atom. The lowest BCUT2D eigenvalue weighted by atomic mass is 9.99. The molecular weight excluding hydrogens is 584 g/mol. The summed E-state index contributed by atoms with van der Waals surface area (Å²) in [5.74, 6) is -1.66. The molecule has 7 atom stereocenters. The van der Waals surface area contributed by atoms with Gasteiger partial charge in [-0.15, -0.1) is 0 Å². The monoisotopic (exact) mass is 614 g/mol. The number of methoxy groups -OCH3 is 1. The first-order valence-electron chi connectivity index (χ1n) is 13.4. The smallest absolute Gasteiger partial charge is 0.351 e. The van der Waals surface area contributed by atoms with E-state index >= 15 is 0 Å². The van der Waals surface area contributed by atoms with Crippen molar-refractivity contribution in [2.24, 2.45) is 0 Å². The summed E-state index contributed by atoms with van der Waals surface area (Å²) < 4.78 is 32.9. The van der Waals surface area contributed by atoms with E-state index in [0.717, 1.165) is 0 Å². The number of aromatic hydroxyl groups is 2. The van der Waals surface area contributed by atoms with Gasteiger partial charge in [-0.3, -0.25) is 0 Å². The number of ether oxygens (including phenoxy) is 6. The topological polar surface area (TPSA) is 211 Å². The van der Waals surface area contributed by atoms with E-state index in [4.69, 9.17) is 28.4 Å². The summed E-state index contributed by atoms with van der Waals surface area (Å²) in [6.45, 7) is -0.707. The molecule has 44 heavy (non-hydrogen) atoms. The number of aliphatic hydroxyl groups is 4. The molecule has 0 spiro atoms. The predicted octanol–water partition coefficient (Wildman–Crippen LogP) is 0.688.